The van der Waals surface area contributed by atoms with Crippen LogP contribution < -0.4 is 5.32 Å². The maximum atomic E-state index is 13.3. The largest absolute Gasteiger partial charge is 0.389 e. The van der Waals surface area contributed by atoms with Gasteiger partial charge in [-0.05, 0) is 25.5 Å². The first-order valence-corrected chi connectivity index (χ1v) is 7.51. The molecule has 1 rings (SSSR count). The van der Waals surface area contributed by atoms with Crippen LogP contribution in [-0.4, -0.2) is 44.1 Å². The van der Waals surface area contributed by atoms with E-state index in [1.54, 1.807) is 18.2 Å². The van der Waals surface area contributed by atoms with Gasteiger partial charge in [0.1, 0.15) is 5.82 Å². The Morgan fingerprint density at radius 1 is 1.24 bits per heavy atom. The highest BCUT2D eigenvalue weighted by Gasteiger charge is 2.05. The SMILES string of the molecule is CCCOCCCNCC(O)COCc1ccccc1F. The summed E-state index contributed by atoms with van der Waals surface area (Å²) in [5.74, 6) is -0.280. The van der Waals surface area contributed by atoms with Crippen LogP contribution >= 0.6 is 0 Å². The van der Waals surface area contributed by atoms with E-state index in [1.807, 2.05) is 0 Å². The smallest absolute Gasteiger partial charge is 0.128 e. The molecule has 4 nitrogen and oxygen atoms in total. The Kier molecular flexibility index (Phi) is 9.99. The van der Waals surface area contributed by atoms with E-state index < -0.39 is 6.10 Å². The van der Waals surface area contributed by atoms with Gasteiger partial charge in [-0.3, -0.25) is 0 Å². The summed E-state index contributed by atoms with van der Waals surface area (Å²) < 4.78 is 24.0. The van der Waals surface area contributed by atoms with Gasteiger partial charge in [0, 0.05) is 25.3 Å². The standard InChI is InChI=1S/C16H26FNO3/c1-2-9-20-10-5-8-18-11-15(19)13-21-12-14-6-3-4-7-16(14)17/h3-4,6-7,15,18-19H,2,5,8-13H2,1H3. The second-order valence-corrected chi connectivity index (χ2v) is 4.93. The predicted octanol–water partition coefficient (Wildman–Crippen LogP) is 2.11. The van der Waals surface area contributed by atoms with Crippen molar-refractivity contribution in [2.45, 2.75) is 32.5 Å². The van der Waals surface area contributed by atoms with Gasteiger partial charge in [0.2, 0.25) is 0 Å². The molecule has 5 heteroatoms. The lowest BCUT2D eigenvalue weighted by Crippen LogP contribution is -2.31. The van der Waals surface area contributed by atoms with Crippen molar-refractivity contribution in [1.82, 2.24) is 5.32 Å². The minimum Gasteiger partial charge on any atom is -0.389 e. The molecule has 1 aromatic carbocycles. The summed E-state index contributed by atoms with van der Waals surface area (Å²) in [4.78, 5) is 0. The molecule has 0 aliphatic carbocycles. The zero-order chi connectivity index (χ0) is 15.3. The molecule has 0 heterocycles. The predicted molar refractivity (Wildman–Crippen MR) is 80.7 cm³/mol. The molecule has 0 radical (unpaired) electrons. The normalized spacial score (nSPS) is 12.5. The highest BCUT2D eigenvalue weighted by molar-refractivity contribution is 5.16. The minimum absolute atomic E-state index is 0.175. The van der Waals surface area contributed by atoms with Gasteiger partial charge in [0.25, 0.3) is 0 Å². The monoisotopic (exact) mass is 299 g/mol. The maximum Gasteiger partial charge on any atom is 0.128 e. The summed E-state index contributed by atoms with van der Waals surface area (Å²) in [5, 5.41) is 12.9. The van der Waals surface area contributed by atoms with E-state index in [-0.39, 0.29) is 19.0 Å². The Hall–Kier alpha value is -1.01. The lowest BCUT2D eigenvalue weighted by molar-refractivity contribution is 0.0276. The van der Waals surface area contributed by atoms with Crippen molar-refractivity contribution in [3.63, 3.8) is 0 Å². The van der Waals surface area contributed by atoms with Crippen LogP contribution in [0.2, 0.25) is 0 Å². The van der Waals surface area contributed by atoms with Crippen LogP contribution in [0, 0.1) is 5.82 Å². The molecule has 0 aliphatic heterocycles. The quantitative estimate of drug-likeness (QED) is 0.580. The van der Waals surface area contributed by atoms with Crippen LogP contribution in [0.5, 0.6) is 0 Å². The van der Waals surface area contributed by atoms with Crippen molar-refractivity contribution in [2.24, 2.45) is 0 Å². The molecule has 2 N–H and O–H groups in total. The summed E-state index contributed by atoms with van der Waals surface area (Å²) in [7, 11) is 0. The van der Waals surface area contributed by atoms with Crippen molar-refractivity contribution >= 4 is 0 Å². The number of hydrogen-bond donors (Lipinski definition) is 2. The number of benzene rings is 1. The van der Waals surface area contributed by atoms with Crippen LogP contribution in [-0.2, 0) is 16.1 Å². The Morgan fingerprint density at radius 2 is 2.05 bits per heavy atom. The van der Waals surface area contributed by atoms with Crippen LogP contribution in [0.4, 0.5) is 4.39 Å². The zero-order valence-electron chi connectivity index (χ0n) is 12.7. The minimum atomic E-state index is -0.590. The second-order valence-electron chi connectivity index (χ2n) is 4.93. The molecule has 1 aromatic rings. The number of nitrogens with one attached hydrogen (secondary N) is 1. The van der Waals surface area contributed by atoms with Gasteiger partial charge in [-0.15, -0.1) is 0 Å². The molecule has 0 amide bonds. The van der Waals surface area contributed by atoms with Gasteiger partial charge in [0.15, 0.2) is 0 Å². The summed E-state index contributed by atoms with van der Waals surface area (Å²) in [6.45, 7) is 5.24. The topological polar surface area (TPSA) is 50.7 Å². The van der Waals surface area contributed by atoms with Crippen LogP contribution in [0.3, 0.4) is 0 Å². The lowest BCUT2D eigenvalue weighted by atomic mass is 10.2. The number of aliphatic hydroxyl groups excluding tert-OH is 1. The maximum absolute atomic E-state index is 13.3. The molecule has 0 saturated heterocycles. The molecule has 120 valence electrons. The number of halogens is 1. The van der Waals surface area contributed by atoms with Crippen LogP contribution in [0.25, 0.3) is 0 Å². The van der Waals surface area contributed by atoms with Crippen molar-refractivity contribution in [1.29, 1.82) is 0 Å². The first kappa shape index (κ1) is 18.0. The third-order valence-electron chi connectivity index (χ3n) is 2.90. The van der Waals surface area contributed by atoms with Gasteiger partial charge >= 0.3 is 0 Å². The molecular formula is C16H26FNO3. The van der Waals surface area contributed by atoms with Crippen molar-refractivity contribution in [2.75, 3.05) is 32.9 Å². The second kappa shape index (κ2) is 11.6. The average Bonchev–Trinajstić information content (AvgIpc) is 2.48. The summed E-state index contributed by atoms with van der Waals surface area (Å²) in [6, 6.07) is 6.48. The first-order valence-electron chi connectivity index (χ1n) is 7.51. The fourth-order valence-electron chi connectivity index (χ4n) is 1.79. The third-order valence-corrected chi connectivity index (χ3v) is 2.90. The van der Waals surface area contributed by atoms with E-state index in [9.17, 15) is 9.50 Å². The van der Waals surface area contributed by atoms with E-state index >= 15 is 0 Å². The number of ether oxygens (including phenoxy) is 2. The Bertz CT molecular complexity index is 376. The molecule has 0 spiro atoms. The van der Waals surface area contributed by atoms with Crippen LogP contribution in [0.1, 0.15) is 25.3 Å². The fraction of sp³-hybridized carbons (Fsp3) is 0.625. The van der Waals surface area contributed by atoms with Crippen molar-refractivity contribution < 1.29 is 19.0 Å². The molecular weight excluding hydrogens is 273 g/mol. The third kappa shape index (κ3) is 8.78. The van der Waals surface area contributed by atoms with Crippen molar-refractivity contribution in [3.05, 3.63) is 35.6 Å². The van der Waals surface area contributed by atoms with E-state index in [4.69, 9.17) is 9.47 Å². The highest BCUT2D eigenvalue weighted by Crippen LogP contribution is 2.07. The lowest BCUT2D eigenvalue weighted by Gasteiger charge is -2.12. The number of hydrogen-bond acceptors (Lipinski definition) is 4. The van der Waals surface area contributed by atoms with Crippen LogP contribution in [0.15, 0.2) is 24.3 Å². The van der Waals surface area contributed by atoms with E-state index in [1.165, 1.54) is 6.07 Å². The summed E-state index contributed by atoms with van der Waals surface area (Å²) >= 11 is 0. The number of rotatable bonds is 12. The van der Waals surface area contributed by atoms with Crippen molar-refractivity contribution in [3.8, 4) is 0 Å². The van der Waals surface area contributed by atoms with Gasteiger partial charge in [-0.2, -0.15) is 0 Å². The molecule has 1 unspecified atom stereocenters. The Labute approximate surface area is 126 Å². The summed E-state index contributed by atoms with van der Waals surface area (Å²) in [6.07, 6.45) is 1.36. The fourth-order valence-corrected chi connectivity index (χ4v) is 1.79. The highest BCUT2D eigenvalue weighted by atomic mass is 19.1. The molecule has 0 saturated carbocycles. The molecule has 0 aliphatic rings. The first-order chi connectivity index (χ1) is 10.2. The average molecular weight is 299 g/mol. The number of aliphatic hydroxyl groups is 1. The molecule has 0 aromatic heterocycles. The molecule has 21 heavy (non-hydrogen) atoms. The van der Waals surface area contributed by atoms with Gasteiger partial charge in [0.05, 0.1) is 19.3 Å². The van der Waals surface area contributed by atoms with Gasteiger partial charge < -0.3 is 19.9 Å². The Morgan fingerprint density at radius 3 is 2.81 bits per heavy atom. The molecule has 0 fully saturated rings. The molecule has 1 atom stereocenters. The Balaban J connectivity index is 1.99. The molecule has 0 bridgehead atoms. The van der Waals surface area contributed by atoms with E-state index in [0.717, 1.165) is 32.6 Å². The zero-order valence-corrected chi connectivity index (χ0v) is 12.7. The van der Waals surface area contributed by atoms with Gasteiger partial charge in [-0.25, -0.2) is 4.39 Å². The van der Waals surface area contributed by atoms with E-state index in [0.29, 0.717) is 12.1 Å². The summed E-state index contributed by atoms with van der Waals surface area (Å²) in [5.41, 5.74) is 0.505. The van der Waals surface area contributed by atoms with Gasteiger partial charge in [-0.1, -0.05) is 25.1 Å². The van der Waals surface area contributed by atoms with E-state index in [2.05, 4.69) is 12.2 Å².